The number of aromatic nitrogens is 4. The number of hydrogen-bond donors (Lipinski definition) is 0. The molecule has 0 aliphatic carbocycles. The van der Waals surface area contributed by atoms with E-state index >= 15 is 0 Å². The summed E-state index contributed by atoms with van der Waals surface area (Å²) in [6.07, 6.45) is 2.67. The van der Waals surface area contributed by atoms with Crippen LogP contribution in [0.15, 0.2) is 42.6 Å². The molecule has 1 fully saturated rings. The van der Waals surface area contributed by atoms with Gasteiger partial charge in [-0.05, 0) is 18.1 Å². The molecule has 154 valence electrons. The molecule has 0 saturated carbocycles. The van der Waals surface area contributed by atoms with Crippen LogP contribution in [0.3, 0.4) is 0 Å². The number of nitrogens with zero attached hydrogens (tertiary/aromatic N) is 6. The van der Waals surface area contributed by atoms with Crippen molar-refractivity contribution < 1.29 is 9.53 Å². The van der Waals surface area contributed by atoms with Crippen LogP contribution < -0.4 is 4.90 Å². The summed E-state index contributed by atoms with van der Waals surface area (Å²) in [6.45, 7) is 4.10. The maximum atomic E-state index is 13.3. The summed E-state index contributed by atoms with van der Waals surface area (Å²) in [4.78, 5) is 26.6. The number of ether oxygens (including phenoxy) is 1. The van der Waals surface area contributed by atoms with Gasteiger partial charge in [-0.2, -0.15) is 5.10 Å². The van der Waals surface area contributed by atoms with Gasteiger partial charge in [0, 0.05) is 38.4 Å². The van der Waals surface area contributed by atoms with Gasteiger partial charge in [-0.25, -0.2) is 9.97 Å². The fraction of sp³-hybridized carbons (Fsp3) is 0.364. The molecule has 2 aromatic heterocycles. The van der Waals surface area contributed by atoms with E-state index in [1.165, 1.54) is 0 Å². The van der Waals surface area contributed by atoms with Gasteiger partial charge >= 0.3 is 0 Å². The molecule has 0 N–H and O–H groups in total. The van der Waals surface area contributed by atoms with E-state index in [0.29, 0.717) is 32.0 Å². The van der Waals surface area contributed by atoms with Gasteiger partial charge < -0.3 is 14.5 Å². The van der Waals surface area contributed by atoms with Gasteiger partial charge in [0.15, 0.2) is 0 Å². The van der Waals surface area contributed by atoms with Gasteiger partial charge in [0.2, 0.25) is 5.95 Å². The molecular formula is C22H24N6O2. The molecule has 4 heterocycles. The minimum atomic E-state index is -0.0237. The number of rotatable bonds is 3. The summed E-state index contributed by atoms with van der Waals surface area (Å²) in [5.41, 5.74) is 4.43. The Kier molecular flexibility index (Phi) is 4.92. The first kappa shape index (κ1) is 18.7. The lowest BCUT2D eigenvalue weighted by molar-refractivity contribution is 0.0720. The highest BCUT2D eigenvalue weighted by Crippen LogP contribution is 2.23. The summed E-state index contributed by atoms with van der Waals surface area (Å²) in [5.74, 6) is 0.697. The highest BCUT2D eigenvalue weighted by Gasteiger charge is 2.27. The number of carbonyl (C=O) groups excluding carboxylic acids is 1. The summed E-state index contributed by atoms with van der Waals surface area (Å²) in [5, 5.41) is 4.54. The second-order valence-electron chi connectivity index (χ2n) is 7.62. The maximum absolute atomic E-state index is 13.3. The Morgan fingerprint density at radius 1 is 1.10 bits per heavy atom. The van der Waals surface area contributed by atoms with Gasteiger partial charge in [0.25, 0.3) is 5.91 Å². The molecular weight excluding hydrogens is 380 g/mol. The van der Waals surface area contributed by atoms with Crippen LogP contribution in [0.5, 0.6) is 0 Å². The van der Waals surface area contributed by atoms with Gasteiger partial charge in [-0.15, -0.1) is 0 Å². The first-order valence-corrected chi connectivity index (χ1v) is 10.3. The largest absolute Gasteiger partial charge is 0.378 e. The van der Waals surface area contributed by atoms with Crippen molar-refractivity contribution in [2.75, 3.05) is 37.7 Å². The van der Waals surface area contributed by atoms with Crippen LogP contribution in [-0.2, 0) is 24.8 Å². The number of amides is 1. The molecule has 5 rings (SSSR count). The topological polar surface area (TPSA) is 76.4 Å². The predicted octanol–water partition coefficient (Wildman–Crippen LogP) is 1.91. The molecule has 8 nitrogen and oxygen atoms in total. The average molecular weight is 404 g/mol. The normalized spacial score (nSPS) is 16.4. The van der Waals surface area contributed by atoms with Crippen molar-refractivity contribution in [3.05, 3.63) is 59.5 Å². The molecule has 0 atom stereocenters. The molecule has 30 heavy (non-hydrogen) atoms. The molecule has 0 unspecified atom stereocenters. The van der Waals surface area contributed by atoms with Crippen LogP contribution in [0.4, 0.5) is 5.95 Å². The molecule has 1 saturated heterocycles. The second kappa shape index (κ2) is 7.87. The van der Waals surface area contributed by atoms with E-state index in [0.717, 1.165) is 48.0 Å². The van der Waals surface area contributed by atoms with Gasteiger partial charge in [0.1, 0.15) is 5.69 Å². The van der Waals surface area contributed by atoms with E-state index in [4.69, 9.17) is 9.72 Å². The van der Waals surface area contributed by atoms with E-state index < -0.39 is 0 Å². The first-order chi connectivity index (χ1) is 14.7. The standard InChI is InChI=1S/C22H24N6O2/c1-26-20(13-18(25-26)16-5-3-2-4-6-16)21(29)28-8-7-17-14-23-22(24-19(17)15-28)27-9-11-30-12-10-27/h2-6,13-14H,7-12,15H2,1H3. The molecule has 2 aliphatic heterocycles. The number of carbonyl (C=O) groups is 1. The minimum absolute atomic E-state index is 0.0237. The predicted molar refractivity (Wildman–Crippen MR) is 112 cm³/mol. The molecule has 2 aliphatic rings. The van der Waals surface area contributed by atoms with E-state index in [1.54, 1.807) is 4.68 Å². The molecule has 1 aromatic carbocycles. The third kappa shape index (κ3) is 3.54. The number of aryl methyl sites for hydroxylation is 1. The zero-order valence-electron chi connectivity index (χ0n) is 17.0. The summed E-state index contributed by atoms with van der Waals surface area (Å²) in [6, 6.07) is 11.8. The zero-order valence-corrected chi connectivity index (χ0v) is 17.0. The maximum Gasteiger partial charge on any atom is 0.272 e. The third-order valence-electron chi connectivity index (χ3n) is 5.68. The van der Waals surface area contributed by atoms with Gasteiger partial charge in [-0.1, -0.05) is 30.3 Å². The van der Waals surface area contributed by atoms with E-state index in [-0.39, 0.29) is 5.91 Å². The lowest BCUT2D eigenvalue weighted by atomic mass is 10.1. The monoisotopic (exact) mass is 404 g/mol. The molecule has 0 radical (unpaired) electrons. The molecule has 1 amide bonds. The Morgan fingerprint density at radius 2 is 1.90 bits per heavy atom. The van der Waals surface area contributed by atoms with Crippen molar-refractivity contribution in [1.82, 2.24) is 24.6 Å². The summed E-state index contributed by atoms with van der Waals surface area (Å²) < 4.78 is 7.08. The fourth-order valence-corrected chi connectivity index (χ4v) is 3.96. The van der Waals surface area contributed by atoms with Gasteiger partial charge in [0.05, 0.1) is 31.1 Å². The van der Waals surface area contributed by atoms with Crippen molar-refractivity contribution in [2.24, 2.45) is 7.05 Å². The Labute approximate surface area is 175 Å². The summed E-state index contributed by atoms with van der Waals surface area (Å²) in [7, 11) is 1.82. The summed E-state index contributed by atoms with van der Waals surface area (Å²) >= 11 is 0. The smallest absolute Gasteiger partial charge is 0.272 e. The zero-order chi connectivity index (χ0) is 20.5. The average Bonchev–Trinajstić information content (AvgIpc) is 3.20. The number of anilines is 1. The van der Waals surface area contributed by atoms with Crippen LogP contribution in [0.2, 0.25) is 0 Å². The van der Waals surface area contributed by atoms with Crippen LogP contribution in [0.25, 0.3) is 11.3 Å². The Morgan fingerprint density at radius 3 is 2.70 bits per heavy atom. The number of fused-ring (bicyclic) bond motifs is 1. The lowest BCUT2D eigenvalue weighted by Gasteiger charge is -2.30. The first-order valence-electron chi connectivity index (χ1n) is 10.3. The van der Waals surface area contributed by atoms with Gasteiger partial charge in [-0.3, -0.25) is 9.48 Å². The van der Waals surface area contributed by atoms with Crippen LogP contribution in [0.1, 0.15) is 21.7 Å². The second-order valence-corrected chi connectivity index (χ2v) is 7.62. The van der Waals surface area contributed by atoms with Crippen molar-refractivity contribution in [1.29, 1.82) is 0 Å². The Balaban J connectivity index is 1.37. The SMILES string of the molecule is Cn1nc(-c2ccccc2)cc1C(=O)N1CCc2cnc(N3CCOCC3)nc2C1. The highest BCUT2D eigenvalue weighted by atomic mass is 16.5. The van der Waals surface area contributed by atoms with Crippen molar-refractivity contribution >= 4 is 11.9 Å². The van der Waals surface area contributed by atoms with Crippen molar-refractivity contribution in [3.63, 3.8) is 0 Å². The Bertz CT molecular complexity index is 1060. The number of hydrogen-bond acceptors (Lipinski definition) is 6. The number of morpholine rings is 1. The fourth-order valence-electron chi connectivity index (χ4n) is 3.96. The van der Waals surface area contributed by atoms with Crippen molar-refractivity contribution in [2.45, 2.75) is 13.0 Å². The quantitative estimate of drug-likeness (QED) is 0.664. The van der Waals surface area contributed by atoms with Crippen molar-refractivity contribution in [3.8, 4) is 11.3 Å². The van der Waals surface area contributed by atoms with E-state index in [2.05, 4.69) is 15.0 Å². The lowest BCUT2D eigenvalue weighted by Crippen LogP contribution is -2.39. The van der Waals surface area contributed by atoms with Crippen LogP contribution in [0, 0.1) is 0 Å². The third-order valence-corrected chi connectivity index (χ3v) is 5.68. The minimum Gasteiger partial charge on any atom is -0.378 e. The van der Waals surface area contributed by atoms with E-state index in [1.807, 2.05) is 54.5 Å². The molecule has 0 spiro atoms. The molecule has 3 aromatic rings. The van der Waals surface area contributed by atoms with E-state index in [9.17, 15) is 4.79 Å². The van der Waals surface area contributed by atoms with Crippen LogP contribution in [-0.4, -0.2) is 63.4 Å². The highest BCUT2D eigenvalue weighted by molar-refractivity contribution is 5.93. The molecule has 8 heteroatoms. The number of benzene rings is 1. The molecule has 0 bridgehead atoms. The Hall–Kier alpha value is -3.26. The van der Waals surface area contributed by atoms with Crippen LogP contribution >= 0.6 is 0 Å².